The highest BCUT2D eigenvalue weighted by Gasteiger charge is 2.18. The zero-order chi connectivity index (χ0) is 9.10. The number of ether oxygens (including phenoxy) is 1. The van der Waals surface area contributed by atoms with E-state index in [2.05, 4.69) is 12.2 Å². The molecule has 0 saturated carbocycles. The van der Waals surface area contributed by atoms with Crippen LogP contribution in [0.2, 0.25) is 0 Å². The molecule has 3 nitrogen and oxygen atoms in total. The molecular weight excluding hydrogens is 166 g/mol. The van der Waals surface area contributed by atoms with E-state index in [1.165, 1.54) is 5.56 Å². The molecule has 72 valence electrons. The molecule has 2 rings (SSSR count). The van der Waals surface area contributed by atoms with E-state index in [9.17, 15) is 0 Å². The Bertz CT molecular complexity index is 239. The summed E-state index contributed by atoms with van der Waals surface area (Å²) in [7, 11) is 0. The minimum Gasteiger partial charge on any atom is -0.472 e. The van der Waals surface area contributed by atoms with E-state index in [1.54, 1.807) is 12.5 Å². The van der Waals surface area contributed by atoms with Crippen molar-refractivity contribution >= 4 is 0 Å². The van der Waals surface area contributed by atoms with Gasteiger partial charge in [0.05, 0.1) is 19.1 Å². The monoisotopic (exact) mass is 181 g/mol. The van der Waals surface area contributed by atoms with Crippen molar-refractivity contribution in [2.45, 2.75) is 25.4 Å². The van der Waals surface area contributed by atoms with Gasteiger partial charge < -0.3 is 14.5 Å². The minimum atomic E-state index is 0.352. The smallest absolute Gasteiger partial charge is 0.0950 e. The zero-order valence-corrected chi connectivity index (χ0v) is 7.82. The van der Waals surface area contributed by atoms with Crippen molar-refractivity contribution in [3.8, 4) is 0 Å². The van der Waals surface area contributed by atoms with Gasteiger partial charge in [-0.15, -0.1) is 0 Å². The lowest BCUT2D eigenvalue weighted by Crippen LogP contribution is -2.31. The summed E-state index contributed by atoms with van der Waals surface area (Å²) in [6, 6.07) is 2.85. The van der Waals surface area contributed by atoms with Gasteiger partial charge in [-0.3, -0.25) is 0 Å². The van der Waals surface area contributed by atoms with Gasteiger partial charge in [0.25, 0.3) is 0 Å². The lowest BCUT2D eigenvalue weighted by Gasteiger charge is -2.16. The molecule has 1 aliphatic heterocycles. The number of furan rings is 1. The van der Waals surface area contributed by atoms with E-state index in [1.807, 2.05) is 6.07 Å². The van der Waals surface area contributed by atoms with Crippen molar-refractivity contribution in [2.24, 2.45) is 0 Å². The fourth-order valence-electron chi connectivity index (χ4n) is 1.64. The average molecular weight is 181 g/mol. The normalized spacial score (nSPS) is 24.8. The molecule has 1 fully saturated rings. The van der Waals surface area contributed by atoms with Crippen LogP contribution in [-0.4, -0.2) is 19.3 Å². The van der Waals surface area contributed by atoms with Crippen LogP contribution in [0.3, 0.4) is 0 Å². The highest BCUT2D eigenvalue weighted by Crippen LogP contribution is 2.15. The molecule has 3 heteroatoms. The first-order chi connectivity index (χ1) is 6.36. The van der Waals surface area contributed by atoms with E-state index in [0.717, 1.165) is 19.6 Å². The van der Waals surface area contributed by atoms with E-state index >= 15 is 0 Å². The molecule has 2 heterocycles. The Kier molecular flexibility index (Phi) is 2.66. The van der Waals surface area contributed by atoms with Gasteiger partial charge in [-0.1, -0.05) is 0 Å². The van der Waals surface area contributed by atoms with Gasteiger partial charge in [0.15, 0.2) is 0 Å². The molecule has 1 saturated heterocycles. The summed E-state index contributed by atoms with van der Waals surface area (Å²) in [5.74, 6) is 0. The zero-order valence-electron chi connectivity index (χ0n) is 7.82. The molecule has 0 radical (unpaired) electrons. The first-order valence-electron chi connectivity index (χ1n) is 4.72. The van der Waals surface area contributed by atoms with Crippen LogP contribution in [0.15, 0.2) is 23.0 Å². The van der Waals surface area contributed by atoms with Crippen molar-refractivity contribution in [3.05, 3.63) is 24.2 Å². The fourth-order valence-corrected chi connectivity index (χ4v) is 1.64. The molecule has 0 bridgehead atoms. The highest BCUT2D eigenvalue weighted by atomic mass is 16.5. The largest absolute Gasteiger partial charge is 0.472 e. The third-order valence-electron chi connectivity index (χ3n) is 2.46. The van der Waals surface area contributed by atoms with Crippen LogP contribution in [0.5, 0.6) is 0 Å². The molecule has 1 aliphatic rings. The molecule has 13 heavy (non-hydrogen) atoms. The Labute approximate surface area is 78.1 Å². The molecule has 0 aromatic carbocycles. The summed E-state index contributed by atoms with van der Waals surface area (Å²) in [5, 5.41) is 3.50. The van der Waals surface area contributed by atoms with Crippen LogP contribution in [0.1, 0.15) is 24.9 Å². The molecule has 0 amide bonds. The lowest BCUT2D eigenvalue weighted by atomic mass is 10.1. The second kappa shape index (κ2) is 3.94. The van der Waals surface area contributed by atoms with Crippen LogP contribution in [0.25, 0.3) is 0 Å². The molecular formula is C10H15NO2. The Hall–Kier alpha value is -0.800. The minimum absolute atomic E-state index is 0.352. The molecule has 1 N–H and O–H groups in total. The third-order valence-corrected chi connectivity index (χ3v) is 2.46. The molecule has 1 aromatic heterocycles. The fraction of sp³-hybridized carbons (Fsp3) is 0.600. The summed E-state index contributed by atoms with van der Waals surface area (Å²) in [5.41, 5.74) is 1.20. The molecule has 0 aliphatic carbocycles. The SMILES string of the molecule is CC(NC1CCOC1)c1ccoc1. The van der Waals surface area contributed by atoms with E-state index in [0.29, 0.717) is 12.1 Å². The van der Waals surface area contributed by atoms with E-state index < -0.39 is 0 Å². The average Bonchev–Trinajstić information content (AvgIpc) is 2.74. The predicted octanol–water partition coefficient (Wildman–Crippen LogP) is 1.72. The Morgan fingerprint density at radius 1 is 1.62 bits per heavy atom. The predicted molar refractivity (Wildman–Crippen MR) is 49.5 cm³/mol. The second-order valence-electron chi connectivity index (χ2n) is 3.51. The quantitative estimate of drug-likeness (QED) is 0.771. The molecule has 1 aromatic rings. The maximum absolute atomic E-state index is 5.29. The van der Waals surface area contributed by atoms with Crippen molar-refractivity contribution in [1.29, 1.82) is 0 Å². The first-order valence-corrected chi connectivity index (χ1v) is 4.72. The Balaban J connectivity index is 1.87. The lowest BCUT2D eigenvalue weighted by molar-refractivity contribution is 0.188. The summed E-state index contributed by atoms with van der Waals surface area (Å²) >= 11 is 0. The van der Waals surface area contributed by atoms with Crippen LogP contribution in [0, 0.1) is 0 Å². The van der Waals surface area contributed by atoms with Crippen LogP contribution >= 0.6 is 0 Å². The summed E-state index contributed by atoms with van der Waals surface area (Å²) in [6.45, 7) is 3.86. The van der Waals surface area contributed by atoms with Gasteiger partial charge in [0.2, 0.25) is 0 Å². The van der Waals surface area contributed by atoms with Gasteiger partial charge in [0.1, 0.15) is 0 Å². The van der Waals surface area contributed by atoms with Gasteiger partial charge in [-0.2, -0.15) is 0 Å². The Morgan fingerprint density at radius 3 is 3.15 bits per heavy atom. The van der Waals surface area contributed by atoms with E-state index in [4.69, 9.17) is 9.15 Å². The summed E-state index contributed by atoms with van der Waals surface area (Å²) < 4.78 is 10.3. The molecule has 0 spiro atoms. The van der Waals surface area contributed by atoms with Crippen molar-refractivity contribution in [2.75, 3.05) is 13.2 Å². The number of nitrogens with one attached hydrogen (secondary N) is 1. The van der Waals surface area contributed by atoms with E-state index in [-0.39, 0.29) is 0 Å². The van der Waals surface area contributed by atoms with Gasteiger partial charge in [-0.25, -0.2) is 0 Å². The van der Waals surface area contributed by atoms with Crippen molar-refractivity contribution in [3.63, 3.8) is 0 Å². The molecule has 2 atom stereocenters. The van der Waals surface area contributed by atoms with Gasteiger partial charge in [0, 0.05) is 24.3 Å². The topological polar surface area (TPSA) is 34.4 Å². The van der Waals surface area contributed by atoms with Crippen LogP contribution in [0.4, 0.5) is 0 Å². The Morgan fingerprint density at radius 2 is 2.54 bits per heavy atom. The third kappa shape index (κ3) is 2.11. The number of hydrogen-bond donors (Lipinski definition) is 1. The maximum Gasteiger partial charge on any atom is 0.0950 e. The summed E-state index contributed by atoms with van der Waals surface area (Å²) in [4.78, 5) is 0. The summed E-state index contributed by atoms with van der Waals surface area (Å²) in [6.07, 6.45) is 4.61. The number of rotatable bonds is 3. The van der Waals surface area contributed by atoms with Gasteiger partial charge >= 0.3 is 0 Å². The highest BCUT2D eigenvalue weighted by molar-refractivity contribution is 5.10. The van der Waals surface area contributed by atoms with Crippen LogP contribution < -0.4 is 5.32 Å². The first kappa shape index (κ1) is 8.78. The second-order valence-corrected chi connectivity index (χ2v) is 3.51. The van der Waals surface area contributed by atoms with Crippen LogP contribution in [-0.2, 0) is 4.74 Å². The molecule has 2 unspecified atom stereocenters. The van der Waals surface area contributed by atoms with Crippen molar-refractivity contribution < 1.29 is 9.15 Å². The maximum atomic E-state index is 5.29. The number of hydrogen-bond acceptors (Lipinski definition) is 3. The van der Waals surface area contributed by atoms with Gasteiger partial charge in [-0.05, 0) is 19.4 Å². The standard InChI is InChI=1S/C10H15NO2/c1-8(9-2-4-12-6-9)11-10-3-5-13-7-10/h2,4,6,8,10-11H,3,5,7H2,1H3. The van der Waals surface area contributed by atoms with Crippen molar-refractivity contribution in [1.82, 2.24) is 5.32 Å².